The molecule has 132 valence electrons. The number of aliphatic hydroxyl groups excluding tert-OH is 1. The molecule has 1 saturated carbocycles. The molecule has 0 spiro atoms. The van der Waals surface area contributed by atoms with Crippen molar-refractivity contribution in [1.82, 2.24) is 19.2 Å². The van der Waals surface area contributed by atoms with Gasteiger partial charge in [-0.05, 0) is 45.5 Å². The van der Waals surface area contributed by atoms with Gasteiger partial charge in [0, 0.05) is 25.1 Å². The summed E-state index contributed by atoms with van der Waals surface area (Å²) in [5.41, 5.74) is 0.210. The Kier molecular flexibility index (Phi) is 5.99. The fourth-order valence-electron chi connectivity index (χ4n) is 4.03. The lowest BCUT2D eigenvalue weighted by Crippen LogP contribution is -2.63. The Hall–Kier alpha value is -0.760. The molecule has 1 aliphatic carbocycles. The first-order valence-corrected chi connectivity index (χ1v) is 8.91. The van der Waals surface area contributed by atoms with Crippen LogP contribution in [0.15, 0.2) is 0 Å². The van der Waals surface area contributed by atoms with Gasteiger partial charge in [-0.2, -0.15) is 5.10 Å². The van der Waals surface area contributed by atoms with Gasteiger partial charge in [0.05, 0.1) is 12.8 Å². The van der Waals surface area contributed by atoms with Gasteiger partial charge in [-0.1, -0.05) is 13.8 Å². The number of aromatic nitrogens is 3. The van der Waals surface area contributed by atoms with Gasteiger partial charge in [0.2, 0.25) is 0 Å². The van der Waals surface area contributed by atoms with Crippen molar-refractivity contribution in [3.63, 3.8) is 0 Å². The molecule has 0 aromatic carbocycles. The van der Waals surface area contributed by atoms with E-state index in [0.717, 1.165) is 25.9 Å². The zero-order chi connectivity index (χ0) is 17.2. The SMILES string of the molecule is CCOC1CC(N(C)Cn2nc(CO)n(C)c2=S)C1(CC)CC. The van der Waals surface area contributed by atoms with Crippen molar-refractivity contribution in [3.05, 3.63) is 10.6 Å². The maximum absolute atomic E-state index is 9.34. The summed E-state index contributed by atoms with van der Waals surface area (Å²) in [5.74, 6) is 0.599. The van der Waals surface area contributed by atoms with E-state index in [1.807, 2.05) is 7.05 Å². The highest BCUT2D eigenvalue weighted by molar-refractivity contribution is 7.71. The van der Waals surface area contributed by atoms with E-state index in [1.54, 1.807) is 9.25 Å². The Morgan fingerprint density at radius 2 is 2.04 bits per heavy atom. The zero-order valence-corrected chi connectivity index (χ0v) is 15.8. The van der Waals surface area contributed by atoms with Crippen LogP contribution in [0.3, 0.4) is 0 Å². The van der Waals surface area contributed by atoms with Gasteiger partial charge < -0.3 is 14.4 Å². The highest BCUT2D eigenvalue weighted by Crippen LogP contribution is 2.51. The van der Waals surface area contributed by atoms with Crippen LogP contribution >= 0.6 is 12.2 Å². The summed E-state index contributed by atoms with van der Waals surface area (Å²) in [4.78, 5) is 2.33. The van der Waals surface area contributed by atoms with Crippen LogP contribution in [0.5, 0.6) is 0 Å². The topological polar surface area (TPSA) is 55.4 Å². The summed E-state index contributed by atoms with van der Waals surface area (Å²) in [6.07, 6.45) is 3.62. The summed E-state index contributed by atoms with van der Waals surface area (Å²) in [7, 11) is 3.97. The molecule has 2 atom stereocenters. The molecule has 1 aromatic rings. The molecule has 0 amide bonds. The monoisotopic (exact) mass is 342 g/mol. The molecule has 6 nitrogen and oxygen atoms in total. The van der Waals surface area contributed by atoms with Gasteiger partial charge in [0.1, 0.15) is 6.61 Å². The fourth-order valence-corrected chi connectivity index (χ4v) is 4.23. The molecule has 2 unspecified atom stereocenters. The van der Waals surface area contributed by atoms with E-state index in [0.29, 0.717) is 29.4 Å². The molecule has 0 radical (unpaired) electrons. The van der Waals surface area contributed by atoms with Gasteiger partial charge in [0.25, 0.3) is 0 Å². The Morgan fingerprint density at radius 1 is 1.39 bits per heavy atom. The Balaban J connectivity index is 2.15. The molecular weight excluding hydrogens is 312 g/mol. The van der Waals surface area contributed by atoms with Crippen LogP contribution in [0.25, 0.3) is 0 Å². The van der Waals surface area contributed by atoms with Crippen LogP contribution in [0.4, 0.5) is 0 Å². The second kappa shape index (κ2) is 7.42. The molecule has 0 aliphatic heterocycles. The van der Waals surface area contributed by atoms with Crippen molar-refractivity contribution in [2.45, 2.75) is 65.5 Å². The van der Waals surface area contributed by atoms with Crippen LogP contribution in [0.2, 0.25) is 0 Å². The van der Waals surface area contributed by atoms with E-state index in [4.69, 9.17) is 17.0 Å². The number of hydrogen-bond acceptors (Lipinski definition) is 5. The third-order valence-electron chi connectivity index (χ3n) is 5.59. The van der Waals surface area contributed by atoms with E-state index in [9.17, 15) is 5.11 Å². The third-order valence-corrected chi connectivity index (χ3v) is 6.07. The van der Waals surface area contributed by atoms with E-state index in [-0.39, 0.29) is 12.0 Å². The Labute approximate surface area is 144 Å². The normalized spacial score (nSPS) is 23.3. The predicted molar refractivity (Wildman–Crippen MR) is 92.6 cm³/mol. The Morgan fingerprint density at radius 3 is 2.52 bits per heavy atom. The molecule has 2 rings (SSSR count). The second-order valence-electron chi connectivity index (χ2n) is 6.45. The minimum absolute atomic E-state index is 0.0967. The van der Waals surface area contributed by atoms with Crippen molar-refractivity contribution in [3.8, 4) is 0 Å². The summed E-state index contributed by atoms with van der Waals surface area (Å²) in [5, 5.41) is 13.8. The lowest BCUT2D eigenvalue weighted by atomic mass is 9.58. The van der Waals surface area contributed by atoms with E-state index < -0.39 is 0 Å². The van der Waals surface area contributed by atoms with Crippen LogP contribution < -0.4 is 0 Å². The van der Waals surface area contributed by atoms with Crippen molar-refractivity contribution in [1.29, 1.82) is 0 Å². The van der Waals surface area contributed by atoms with E-state index in [2.05, 4.69) is 37.8 Å². The number of rotatable bonds is 8. The standard InChI is InChI=1S/C16H30N4O2S/c1-6-16(7-2)12(9-13(16)22-8-3)18(4)11-20-15(23)19(5)14(10-21)17-20/h12-13,21H,6-11H2,1-5H3. The summed E-state index contributed by atoms with van der Waals surface area (Å²) in [6, 6.07) is 0.468. The van der Waals surface area contributed by atoms with Crippen molar-refractivity contribution >= 4 is 12.2 Å². The van der Waals surface area contributed by atoms with Crippen molar-refractivity contribution in [2.24, 2.45) is 12.5 Å². The number of ether oxygens (including phenoxy) is 1. The first-order chi connectivity index (χ1) is 10.9. The maximum atomic E-state index is 9.34. The number of aliphatic hydroxyl groups is 1. The van der Waals surface area contributed by atoms with Crippen molar-refractivity contribution in [2.75, 3.05) is 13.7 Å². The molecule has 0 saturated heterocycles. The first-order valence-electron chi connectivity index (χ1n) is 8.50. The maximum Gasteiger partial charge on any atom is 0.198 e. The molecule has 1 N–H and O–H groups in total. The molecule has 7 heteroatoms. The first kappa shape index (κ1) is 18.6. The minimum Gasteiger partial charge on any atom is -0.388 e. The summed E-state index contributed by atoms with van der Waals surface area (Å²) < 4.78 is 10.2. The predicted octanol–water partition coefficient (Wildman–Crippen LogP) is 2.32. The van der Waals surface area contributed by atoms with Crippen LogP contribution in [0, 0.1) is 10.2 Å². The molecule has 1 aromatic heterocycles. The Bertz CT molecular complexity index is 579. The lowest BCUT2D eigenvalue weighted by Gasteiger charge is -2.58. The van der Waals surface area contributed by atoms with Gasteiger partial charge in [0.15, 0.2) is 10.6 Å². The van der Waals surface area contributed by atoms with Gasteiger partial charge in [-0.25, -0.2) is 4.68 Å². The van der Waals surface area contributed by atoms with Crippen LogP contribution in [-0.4, -0.2) is 50.2 Å². The summed E-state index contributed by atoms with van der Waals surface area (Å²) in [6.45, 7) is 7.89. The van der Waals surface area contributed by atoms with E-state index >= 15 is 0 Å². The second-order valence-corrected chi connectivity index (χ2v) is 6.81. The highest BCUT2D eigenvalue weighted by atomic mass is 32.1. The molecule has 1 aliphatic rings. The number of hydrogen-bond donors (Lipinski definition) is 1. The largest absolute Gasteiger partial charge is 0.388 e. The minimum atomic E-state index is -0.0967. The summed E-state index contributed by atoms with van der Waals surface area (Å²) >= 11 is 5.42. The van der Waals surface area contributed by atoms with Crippen LogP contribution in [0.1, 0.15) is 45.9 Å². The molecular formula is C16H30N4O2S. The highest BCUT2D eigenvalue weighted by Gasteiger charge is 2.54. The van der Waals surface area contributed by atoms with Crippen LogP contribution in [-0.2, 0) is 25.1 Å². The van der Waals surface area contributed by atoms with Gasteiger partial charge in [-0.15, -0.1) is 0 Å². The molecule has 0 bridgehead atoms. The van der Waals surface area contributed by atoms with E-state index in [1.165, 1.54) is 0 Å². The third kappa shape index (κ3) is 3.12. The van der Waals surface area contributed by atoms with Gasteiger partial charge in [-0.3, -0.25) is 4.90 Å². The number of nitrogens with zero attached hydrogens (tertiary/aromatic N) is 4. The average molecular weight is 343 g/mol. The average Bonchev–Trinajstić information content (AvgIpc) is 2.80. The van der Waals surface area contributed by atoms with Gasteiger partial charge >= 0.3 is 0 Å². The molecule has 23 heavy (non-hydrogen) atoms. The quantitative estimate of drug-likeness (QED) is 0.735. The van der Waals surface area contributed by atoms with Crippen molar-refractivity contribution < 1.29 is 9.84 Å². The molecule has 1 heterocycles. The smallest absolute Gasteiger partial charge is 0.198 e. The fraction of sp³-hybridized carbons (Fsp3) is 0.875. The zero-order valence-electron chi connectivity index (χ0n) is 14.9. The molecule has 1 fully saturated rings. The lowest BCUT2D eigenvalue weighted by molar-refractivity contribution is -0.172.